The molecule has 0 bridgehead atoms. The first-order valence-corrected chi connectivity index (χ1v) is 10.2. The van der Waals surface area contributed by atoms with Crippen molar-refractivity contribution in [2.45, 2.75) is 38.9 Å². The van der Waals surface area contributed by atoms with Crippen molar-refractivity contribution >= 4 is 34.1 Å². The molecule has 0 saturated carbocycles. The van der Waals surface area contributed by atoms with Gasteiger partial charge in [-0.05, 0) is 65.8 Å². The van der Waals surface area contributed by atoms with Gasteiger partial charge in [0, 0.05) is 0 Å². The van der Waals surface area contributed by atoms with Crippen molar-refractivity contribution in [1.29, 1.82) is 0 Å². The molecule has 1 heterocycles. The van der Waals surface area contributed by atoms with Crippen molar-refractivity contribution in [2.24, 2.45) is 0 Å². The molecule has 0 radical (unpaired) electrons. The van der Waals surface area contributed by atoms with Crippen molar-refractivity contribution < 1.29 is 9.31 Å². The van der Waals surface area contributed by atoms with Gasteiger partial charge in [0.2, 0.25) is 0 Å². The fraction of sp³-hybridized carbons (Fsp3) is 0.231. The third kappa shape index (κ3) is 2.97. The summed E-state index contributed by atoms with van der Waals surface area (Å²) < 4.78 is 12.6. The standard InChI is InChI=1S/C26H25BO2/c1-25(2)26(3,4)29-27(28-25)20-15-13-19-14-16-23-21(18-9-6-5-7-10-18)11-8-12-22(23)24(19)17-20/h5-17H,1-4H3. The van der Waals surface area contributed by atoms with Gasteiger partial charge in [-0.15, -0.1) is 0 Å². The monoisotopic (exact) mass is 380 g/mol. The molecule has 0 aliphatic carbocycles. The fourth-order valence-corrected chi connectivity index (χ4v) is 4.10. The van der Waals surface area contributed by atoms with Gasteiger partial charge in [0.15, 0.2) is 0 Å². The van der Waals surface area contributed by atoms with Crippen LogP contribution >= 0.6 is 0 Å². The van der Waals surface area contributed by atoms with Gasteiger partial charge >= 0.3 is 7.12 Å². The zero-order chi connectivity index (χ0) is 20.2. The van der Waals surface area contributed by atoms with Crippen molar-refractivity contribution in [3.63, 3.8) is 0 Å². The Morgan fingerprint density at radius 3 is 2.03 bits per heavy atom. The normalized spacial score (nSPS) is 17.9. The first-order valence-electron chi connectivity index (χ1n) is 10.2. The highest BCUT2D eigenvalue weighted by molar-refractivity contribution is 6.62. The lowest BCUT2D eigenvalue weighted by molar-refractivity contribution is 0.00578. The Balaban J connectivity index is 1.67. The van der Waals surface area contributed by atoms with E-state index in [1.54, 1.807) is 0 Å². The Labute approximate surface area is 172 Å². The van der Waals surface area contributed by atoms with E-state index in [1.165, 1.54) is 32.7 Å². The van der Waals surface area contributed by atoms with E-state index in [9.17, 15) is 0 Å². The summed E-state index contributed by atoms with van der Waals surface area (Å²) in [5.74, 6) is 0. The van der Waals surface area contributed by atoms with Gasteiger partial charge in [-0.1, -0.05) is 78.9 Å². The van der Waals surface area contributed by atoms with Crippen LogP contribution in [-0.2, 0) is 9.31 Å². The second-order valence-electron chi connectivity index (χ2n) is 8.90. The average Bonchev–Trinajstić information content (AvgIpc) is 2.94. The Kier molecular flexibility index (Phi) is 4.09. The largest absolute Gasteiger partial charge is 0.494 e. The van der Waals surface area contributed by atoms with Gasteiger partial charge in [-0.25, -0.2) is 0 Å². The molecular weight excluding hydrogens is 355 g/mol. The average molecular weight is 380 g/mol. The molecule has 1 aliphatic rings. The number of benzene rings is 4. The Morgan fingerprint density at radius 1 is 0.621 bits per heavy atom. The zero-order valence-electron chi connectivity index (χ0n) is 17.4. The highest BCUT2D eigenvalue weighted by Crippen LogP contribution is 2.37. The van der Waals surface area contributed by atoms with Gasteiger partial charge in [-0.3, -0.25) is 0 Å². The molecule has 1 fully saturated rings. The molecule has 0 atom stereocenters. The van der Waals surface area contributed by atoms with E-state index in [-0.39, 0.29) is 18.3 Å². The summed E-state index contributed by atoms with van der Waals surface area (Å²) in [6, 6.07) is 28.1. The van der Waals surface area contributed by atoms with E-state index in [4.69, 9.17) is 9.31 Å². The Bertz CT molecular complexity index is 1200. The summed E-state index contributed by atoms with van der Waals surface area (Å²) in [6.07, 6.45) is 0. The summed E-state index contributed by atoms with van der Waals surface area (Å²) in [6.45, 7) is 8.37. The van der Waals surface area contributed by atoms with Crippen LogP contribution in [0.5, 0.6) is 0 Å². The first-order chi connectivity index (χ1) is 13.9. The van der Waals surface area contributed by atoms with Crippen molar-refractivity contribution in [1.82, 2.24) is 0 Å². The molecule has 29 heavy (non-hydrogen) atoms. The summed E-state index contributed by atoms with van der Waals surface area (Å²) in [5.41, 5.74) is 2.87. The predicted octanol–water partition coefficient (Wildman–Crippen LogP) is 5.96. The predicted molar refractivity (Wildman–Crippen MR) is 123 cm³/mol. The van der Waals surface area contributed by atoms with Gasteiger partial charge < -0.3 is 9.31 Å². The van der Waals surface area contributed by atoms with Crippen LogP contribution in [0.2, 0.25) is 0 Å². The van der Waals surface area contributed by atoms with Crippen molar-refractivity contribution in [3.8, 4) is 11.1 Å². The molecule has 0 amide bonds. The van der Waals surface area contributed by atoms with Crippen molar-refractivity contribution in [2.75, 3.05) is 0 Å². The minimum absolute atomic E-state index is 0.341. The van der Waals surface area contributed by atoms with E-state index < -0.39 is 0 Å². The Morgan fingerprint density at radius 2 is 1.31 bits per heavy atom. The third-order valence-electron chi connectivity index (χ3n) is 6.51. The minimum atomic E-state index is -0.350. The number of fused-ring (bicyclic) bond motifs is 3. The molecule has 1 saturated heterocycles. The maximum absolute atomic E-state index is 6.28. The van der Waals surface area contributed by atoms with Gasteiger partial charge in [0.05, 0.1) is 11.2 Å². The maximum atomic E-state index is 6.28. The summed E-state index contributed by atoms with van der Waals surface area (Å²) in [7, 11) is -0.350. The molecule has 144 valence electrons. The molecule has 0 aromatic heterocycles. The van der Waals surface area contributed by atoms with Crippen molar-refractivity contribution in [3.05, 3.63) is 78.9 Å². The summed E-state index contributed by atoms with van der Waals surface area (Å²) >= 11 is 0. The van der Waals surface area contributed by atoms with Crippen LogP contribution in [0.25, 0.3) is 32.7 Å². The van der Waals surface area contributed by atoms with E-state index in [2.05, 4.69) is 107 Å². The lowest BCUT2D eigenvalue weighted by Crippen LogP contribution is -2.41. The molecule has 0 N–H and O–H groups in total. The molecule has 3 heteroatoms. The van der Waals surface area contributed by atoms with Crippen LogP contribution in [0.4, 0.5) is 0 Å². The van der Waals surface area contributed by atoms with Crippen LogP contribution in [0, 0.1) is 0 Å². The minimum Gasteiger partial charge on any atom is -0.399 e. The number of rotatable bonds is 2. The topological polar surface area (TPSA) is 18.5 Å². The van der Waals surface area contributed by atoms with Crippen LogP contribution in [-0.4, -0.2) is 18.3 Å². The lowest BCUT2D eigenvalue weighted by atomic mass is 9.77. The number of hydrogen-bond donors (Lipinski definition) is 0. The van der Waals surface area contributed by atoms with E-state index in [0.29, 0.717) is 0 Å². The molecule has 4 aromatic rings. The second-order valence-corrected chi connectivity index (χ2v) is 8.90. The third-order valence-corrected chi connectivity index (χ3v) is 6.51. The molecule has 4 aromatic carbocycles. The molecular formula is C26H25BO2. The first kappa shape index (κ1) is 18.4. The zero-order valence-corrected chi connectivity index (χ0v) is 17.4. The van der Waals surface area contributed by atoms with Crippen LogP contribution in [0.3, 0.4) is 0 Å². The van der Waals surface area contributed by atoms with Crippen LogP contribution < -0.4 is 5.46 Å². The Hall–Kier alpha value is -2.62. The van der Waals surface area contributed by atoms with Gasteiger partial charge in [0.1, 0.15) is 0 Å². The quantitative estimate of drug-likeness (QED) is 0.316. The van der Waals surface area contributed by atoms with Crippen LogP contribution in [0.15, 0.2) is 78.9 Å². The van der Waals surface area contributed by atoms with E-state index in [0.717, 1.165) is 5.46 Å². The fourth-order valence-electron chi connectivity index (χ4n) is 4.10. The summed E-state index contributed by atoms with van der Waals surface area (Å²) in [5, 5.41) is 4.97. The lowest BCUT2D eigenvalue weighted by Gasteiger charge is -2.32. The molecule has 0 unspecified atom stereocenters. The number of hydrogen-bond acceptors (Lipinski definition) is 2. The van der Waals surface area contributed by atoms with E-state index in [1.807, 2.05) is 0 Å². The second kappa shape index (κ2) is 6.45. The highest BCUT2D eigenvalue weighted by Gasteiger charge is 2.51. The molecule has 2 nitrogen and oxygen atoms in total. The van der Waals surface area contributed by atoms with Gasteiger partial charge in [-0.2, -0.15) is 0 Å². The maximum Gasteiger partial charge on any atom is 0.494 e. The molecule has 0 spiro atoms. The van der Waals surface area contributed by atoms with Gasteiger partial charge in [0.25, 0.3) is 0 Å². The van der Waals surface area contributed by atoms with E-state index >= 15 is 0 Å². The SMILES string of the molecule is CC1(C)OB(c2ccc3ccc4c(-c5ccccc5)cccc4c3c2)OC1(C)C. The van der Waals surface area contributed by atoms with Crippen LogP contribution in [0.1, 0.15) is 27.7 Å². The summed E-state index contributed by atoms with van der Waals surface area (Å²) in [4.78, 5) is 0. The smallest absolute Gasteiger partial charge is 0.399 e. The molecule has 1 aliphatic heterocycles. The molecule has 5 rings (SSSR count). The highest BCUT2D eigenvalue weighted by atomic mass is 16.7.